The van der Waals surface area contributed by atoms with Crippen LogP contribution in [0.25, 0.3) is 0 Å². The molecule has 16 heavy (non-hydrogen) atoms. The van der Waals surface area contributed by atoms with Crippen LogP contribution in [-0.4, -0.2) is 45.2 Å². The average Bonchev–Trinajstić information content (AvgIpc) is 2.29. The highest BCUT2D eigenvalue weighted by Gasteiger charge is 2.23. The van der Waals surface area contributed by atoms with Gasteiger partial charge in [0.15, 0.2) is 0 Å². The molecule has 5 heteroatoms. The van der Waals surface area contributed by atoms with Gasteiger partial charge in [-0.05, 0) is 12.1 Å². The first-order valence-electron chi connectivity index (χ1n) is 5.32. The number of para-hydroxylation sites is 1. The standard InChI is InChI=1S/C11H16N2O2S/c1-16(14,15)13-9-7-12(8-10-13)11-5-3-2-4-6-11/h2-6H,7-10H2,1H3. The van der Waals surface area contributed by atoms with Gasteiger partial charge in [0.1, 0.15) is 0 Å². The van der Waals surface area contributed by atoms with E-state index in [0.29, 0.717) is 13.1 Å². The van der Waals surface area contributed by atoms with Crippen LogP contribution in [0.15, 0.2) is 30.3 Å². The monoisotopic (exact) mass is 240 g/mol. The molecule has 1 aliphatic heterocycles. The average molecular weight is 240 g/mol. The maximum absolute atomic E-state index is 11.3. The summed E-state index contributed by atoms with van der Waals surface area (Å²) < 4.78 is 24.2. The van der Waals surface area contributed by atoms with Gasteiger partial charge in [-0.25, -0.2) is 8.42 Å². The Morgan fingerprint density at radius 2 is 1.56 bits per heavy atom. The van der Waals surface area contributed by atoms with Gasteiger partial charge >= 0.3 is 0 Å². The van der Waals surface area contributed by atoms with Crippen LogP contribution in [0.1, 0.15) is 0 Å². The van der Waals surface area contributed by atoms with E-state index in [4.69, 9.17) is 0 Å². The lowest BCUT2D eigenvalue weighted by Gasteiger charge is -2.34. The van der Waals surface area contributed by atoms with E-state index in [0.717, 1.165) is 18.8 Å². The van der Waals surface area contributed by atoms with Crippen LogP contribution in [0.4, 0.5) is 5.69 Å². The lowest BCUT2D eigenvalue weighted by atomic mass is 10.2. The van der Waals surface area contributed by atoms with Gasteiger partial charge in [0.05, 0.1) is 6.26 Å². The van der Waals surface area contributed by atoms with Gasteiger partial charge in [-0.2, -0.15) is 4.31 Å². The second-order valence-electron chi connectivity index (χ2n) is 3.98. The molecule has 4 nitrogen and oxygen atoms in total. The van der Waals surface area contributed by atoms with E-state index in [1.807, 2.05) is 18.2 Å². The summed E-state index contributed by atoms with van der Waals surface area (Å²) in [5.74, 6) is 0. The maximum atomic E-state index is 11.3. The Labute approximate surface area is 96.5 Å². The molecule has 0 atom stereocenters. The van der Waals surface area contributed by atoms with Crippen LogP contribution >= 0.6 is 0 Å². The second-order valence-corrected chi connectivity index (χ2v) is 5.97. The van der Waals surface area contributed by atoms with Crippen molar-refractivity contribution in [2.75, 3.05) is 37.3 Å². The van der Waals surface area contributed by atoms with Crippen LogP contribution in [0, 0.1) is 0 Å². The third-order valence-corrected chi connectivity index (χ3v) is 4.13. The van der Waals surface area contributed by atoms with E-state index >= 15 is 0 Å². The van der Waals surface area contributed by atoms with Crippen LogP contribution in [-0.2, 0) is 10.0 Å². The van der Waals surface area contributed by atoms with Crippen LogP contribution in [0.5, 0.6) is 0 Å². The van der Waals surface area contributed by atoms with Crippen molar-refractivity contribution in [3.05, 3.63) is 30.3 Å². The Morgan fingerprint density at radius 3 is 2.06 bits per heavy atom. The Morgan fingerprint density at radius 1 is 1.00 bits per heavy atom. The highest BCUT2D eigenvalue weighted by Crippen LogP contribution is 2.16. The van der Waals surface area contributed by atoms with Gasteiger partial charge < -0.3 is 4.90 Å². The highest BCUT2D eigenvalue weighted by atomic mass is 32.2. The van der Waals surface area contributed by atoms with E-state index < -0.39 is 10.0 Å². The Hall–Kier alpha value is -1.07. The molecular formula is C11H16N2O2S. The van der Waals surface area contributed by atoms with Gasteiger partial charge in [-0.1, -0.05) is 18.2 Å². The van der Waals surface area contributed by atoms with Gasteiger partial charge in [-0.3, -0.25) is 0 Å². The first-order valence-corrected chi connectivity index (χ1v) is 7.17. The Balaban J connectivity index is 2.01. The molecule has 1 aromatic carbocycles. The predicted molar refractivity (Wildman–Crippen MR) is 65.1 cm³/mol. The number of anilines is 1. The van der Waals surface area contributed by atoms with Crippen LogP contribution in [0.3, 0.4) is 0 Å². The Bertz CT molecular complexity index is 436. The summed E-state index contributed by atoms with van der Waals surface area (Å²) in [4.78, 5) is 2.21. The molecule has 1 heterocycles. The fourth-order valence-electron chi connectivity index (χ4n) is 1.92. The number of hydrogen-bond donors (Lipinski definition) is 0. The molecule has 1 saturated heterocycles. The van der Waals surface area contributed by atoms with Crippen molar-refractivity contribution in [3.63, 3.8) is 0 Å². The largest absolute Gasteiger partial charge is 0.369 e. The quantitative estimate of drug-likeness (QED) is 0.766. The number of sulfonamides is 1. The number of nitrogens with zero attached hydrogens (tertiary/aromatic N) is 2. The van der Waals surface area contributed by atoms with E-state index in [2.05, 4.69) is 17.0 Å². The predicted octanol–water partition coefficient (Wildman–Crippen LogP) is 0.768. The molecule has 0 aromatic heterocycles. The van der Waals surface area contributed by atoms with Crippen molar-refractivity contribution in [1.29, 1.82) is 0 Å². The first kappa shape index (κ1) is 11.4. The molecule has 0 spiro atoms. The Kier molecular flexibility index (Phi) is 3.16. The van der Waals surface area contributed by atoms with Gasteiger partial charge in [-0.15, -0.1) is 0 Å². The summed E-state index contributed by atoms with van der Waals surface area (Å²) in [6.07, 6.45) is 1.27. The van der Waals surface area contributed by atoms with E-state index in [1.54, 1.807) is 0 Å². The summed E-state index contributed by atoms with van der Waals surface area (Å²) in [5, 5.41) is 0. The SMILES string of the molecule is CS(=O)(=O)N1CCN(c2ccccc2)CC1. The number of benzene rings is 1. The molecule has 2 rings (SSSR count). The molecule has 1 fully saturated rings. The molecule has 1 aliphatic rings. The molecule has 0 aliphatic carbocycles. The summed E-state index contributed by atoms with van der Waals surface area (Å²) in [6, 6.07) is 10.1. The van der Waals surface area contributed by atoms with Crippen molar-refractivity contribution in [2.45, 2.75) is 0 Å². The van der Waals surface area contributed by atoms with Crippen molar-refractivity contribution in [1.82, 2.24) is 4.31 Å². The maximum Gasteiger partial charge on any atom is 0.211 e. The molecule has 0 unspecified atom stereocenters. The fourth-order valence-corrected chi connectivity index (χ4v) is 2.74. The van der Waals surface area contributed by atoms with E-state index in [9.17, 15) is 8.42 Å². The molecule has 0 amide bonds. The highest BCUT2D eigenvalue weighted by molar-refractivity contribution is 7.88. The van der Waals surface area contributed by atoms with Gasteiger partial charge in [0, 0.05) is 31.9 Å². The minimum Gasteiger partial charge on any atom is -0.369 e. The third-order valence-electron chi connectivity index (χ3n) is 2.83. The van der Waals surface area contributed by atoms with Crippen molar-refractivity contribution < 1.29 is 8.42 Å². The second kappa shape index (κ2) is 4.43. The first-order chi connectivity index (χ1) is 7.57. The molecule has 88 valence electrons. The van der Waals surface area contributed by atoms with Crippen molar-refractivity contribution in [3.8, 4) is 0 Å². The lowest BCUT2D eigenvalue weighted by Crippen LogP contribution is -2.48. The summed E-state index contributed by atoms with van der Waals surface area (Å²) in [5.41, 5.74) is 1.16. The topological polar surface area (TPSA) is 40.6 Å². The molecule has 0 saturated carbocycles. The normalized spacial score (nSPS) is 18.7. The number of rotatable bonds is 2. The zero-order valence-corrected chi connectivity index (χ0v) is 10.2. The summed E-state index contributed by atoms with van der Waals surface area (Å²) in [6.45, 7) is 2.68. The van der Waals surface area contributed by atoms with Gasteiger partial charge in [0.25, 0.3) is 0 Å². The number of piperazine rings is 1. The zero-order valence-electron chi connectivity index (χ0n) is 9.33. The van der Waals surface area contributed by atoms with Gasteiger partial charge in [0.2, 0.25) is 10.0 Å². The third kappa shape index (κ3) is 2.54. The number of hydrogen-bond acceptors (Lipinski definition) is 3. The lowest BCUT2D eigenvalue weighted by molar-refractivity contribution is 0.388. The van der Waals surface area contributed by atoms with Crippen molar-refractivity contribution in [2.24, 2.45) is 0 Å². The molecule has 1 aromatic rings. The zero-order chi connectivity index (χ0) is 11.6. The molecule has 0 radical (unpaired) electrons. The minimum absolute atomic E-state index is 0.577. The molecule has 0 bridgehead atoms. The summed E-state index contributed by atoms with van der Waals surface area (Å²) in [7, 11) is -3.02. The van der Waals surface area contributed by atoms with E-state index in [-0.39, 0.29) is 0 Å². The van der Waals surface area contributed by atoms with Crippen molar-refractivity contribution >= 4 is 15.7 Å². The summed E-state index contributed by atoms with van der Waals surface area (Å²) >= 11 is 0. The van der Waals surface area contributed by atoms with Crippen LogP contribution < -0.4 is 4.90 Å². The molecule has 0 N–H and O–H groups in total. The van der Waals surface area contributed by atoms with E-state index in [1.165, 1.54) is 10.6 Å². The fraction of sp³-hybridized carbons (Fsp3) is 0.455. The minimum atomic E-state index is -3.02. The smallest absolute Gasteiger partial charge is 0.211 e. The molecular weight excluding hydrogens is 224 g/mol. The van der Waals surface area contributed by atoms with Crippen LogP contribution in [0.2, 0.25) is 0 Å².